The maximum absolute atomic E-state index is 13.1. The molecule has 1 aliphatic carbocycles. The number of hydrogen-bond donors (Lipinski definition) is 1. The fraction of sp³-hybridized carbons (Fsp3) is 0.333. The van der Waals surface area contributed by atoms with Crippen molar-refractivity contribution in [2.24, 2.45) is 5.73 Å². The van der Waals surface area contributed by atoms with E-state index in [-0.39, 0.29) is 6.42 Å². The lowest BCUT2D eigenvalue weighted by Crippen LogP contribution is -2.28. The molecule has 0 fully saturated rings. The number of alkyl halides is 2. The molecule has 0 saturated carbocycles. The molecule has 2 N–H and O–H groups in total. The van der Waals surface area contributed by atoms with Crippen LogP contribution in [0.15, 0.2) is 18.2 Å². The highest BCUT2D eigenvalue weighted by Gasteiger charge is 2.45. The number of benzene rings is 1. The van der Waals surface area contributed by atoms with Crippen LogP contribution in [0.5, 0.6) is 0 Å². The monoisotopic (exact) mass is 203 g/mol. The van der Waals surface area contributed by atoms with Crippen LogP contribution >= 0.6 is 11.6 Å². The highest BCUT2D eigenvalue weighted by atomic mass is 35.5. The summed E-state index contributed by atoms with van der Waals surface area (Å²) in [5.41, 5.74) is 6.45. The number of halogens is 3. The van der Waals surface area contributed by atoms with Crippen molar-refractivity contribution < 1.29 is 8.78 Å². The third kappa shape index (κ3) is 1.32. The molecule has 1 nitrogen and oxygen atoms in total. The van der Waals surface area contributed by atoms with E-state index in [2.05, 4.69) is 0 Å². The fourth-order valence-electron chi connectivity index (χ4n) is 1.62. The molecular formula is C9H8ClF2N. The molecular weight excluding hydrogens is 196 g/mol. The van der Waals surface area contributed by atoms with E-state index in [0.717, 1.165) is 0 Å². The molecule has 2 rings (SSSR count). The molecule has 0 saturated heterocycles. The molecule has 0 heterocycles. The topological polar surface area (TPSA) is 26.0 Å². The van der Waals surface area contributed by atoms with Gasteiger partial charge in [0.2, 0.25) is 0 Å². The Kier molecular flexibility index (Phi) is 1.82. The minimum Gasteiger partial charge on any atom is -0.319 e. The van der Waals surface area contributed by atoms with Gasteiger partial charge in [0.1, 0.15) is 0 Å². The van der Waals surface area contributed by atoms with E-state index in [0.29, 0.717) is 16.1 Å². The summed E-state index contributed by atoms with van der Waals surface area (Å²) in [6.45, 7) is 0. The van der Waals surface area contributed by atoms with Gasteiger partial charge >= 0.3 is 0 Å². The third-order valence-electron chi connectivity index (χ3n) is 2.32. The van der Waals surface area contributed by atoms with Crippen LogP contribution in [0, 0.1) is 0 Å². The van der Waals surface area contributed by atoms with Crippen LogP contribution in [0.25, 0.3) is 0 Å². The number of hydrogen-bond acceptors (Lipinski definition) is 1. The van der Waals surface area contributed by atoms with Gasteiger partial charge in [0.05, 0.1) is 6.04 Å². The number of fused-ring (bicyclic) bond motifs is 1. The molecule has 0 amide bonds. The Morgan fingerprint density at radius 2 is 2.15 bits per heavy atom. The maximum atomic E-state index is 13.1. The largest absolute Gasteiger partial charge is 0.319 e. The first-order valence-corrected chi connectivity index (χ1v) is 4.30. The zero-order chi connectivity index (χ0) is 9.64. The average molecular weight is 204 g/mol. The standard InChI is InChI=1S/C9H8ClF2N/c10-6-1-2-7-5(3-6)4-9(11,12)8(7)13/h1-3,8H,4,13H2/t8-/m1/s1. The van der Waals surface area contributed by atoms with Gasteiger partial charge in [-0.3, -0.25) is 0 Å². The van der Waals surface area contributed by atoms with Crippen molar-refractivity contribution in [2.45, 2.75) is 18.4 Å². The van der Waals surface area contributed by atoms with Crippen LogP contribution in [0.1, 0.15) is 17.2 Å². The van der Waals surface area contributed by atoms with Gasteiger partial charge in [0, 0.05) is 11.4 Å². The second kappa shape index (κ2) is 2.66. The van der Waals surface area contributed by atoms with E-state index in [9.17, 15) is 8.78 Å². The minimum atomic E-state index is -2.83. The predicted octanol–water partition coefficient (Wildman–Crippen LogP) is 2.53. The van der Waals surface area contributed by atoms with Crippen LogP contribution in [0.2, 0.25) is 5.02 Å². The minimum absolute atomic E-state index is 0.302. The van der Waals surface area contributed by atoms with Crippen molar-refractivity contribution in [1.29, 1.82) is 0 Å². The molecule has 1 aromatic rings. The zero-order valence-electron chi connectivity index (χ0n) is 6.73. The second-order valence-electron chi connectivity index (χ2n) is 3.26. The zero-order valence-corrected chi connectivity index (χ0v) is 7.48. The Bertz CT molecular complexity index is 351. The highest BCUT2D eigenvalue weighted by molar-refractivity contribution is 6.30. The lowest BCUT2D eigenvalue weighted by atomic mass is 10.1. The summed E-state index contributed by atoms with van der Waals surface area (Å²) in [6, 6.07) is 3.53. The van der Waals surface area contributed by atoms with Crippen LogP contribution < -0.4 is 5.73 Å². The van der Waals surface area contributed by atoms with Gasteiger partial charge < -0.3 is 5.73 Å². The first-order valence-electron chi connectivity index (χ1n) is 3.92. The molecule has 1 atom stereocenters. The lowest BCUT2D eigenvalue weighted by Gasteiger charge is -2.13. The summed E-state index contributed by atoms with van der Waals surface area (Å²) in [5, 5.41) is 0.476. The number of nitrogens with two attached hydrogens (primary N) is 1. The predicted molar refractivity (Wildman–Crippen MR) is 47.0 cm³/mol. The van der Waals surface area contributed by atoms with Gasteiger partial charge in [-0.1, -0.05) is 17.7 Å². The van der Waals surface area contributed by atoms with Gasteiger partial charge in [0.15, 0.2) is 0 Å². The SMILES string of the molecule is N[C@@H]1c2ccc(Cl)cc2CC1(F)F. The smallest absolute Gasteiger partial charge is 0.270 e. The number of rotatable bonds is 0. The van der Waals surface area contributed by atoms with Crippen molar-refractivity contribution in [3.8, 4) is 0 Å². The van der Waals surface area contributed by atoms with Gasteiger partial charge in [-0.05, 0) is 23.3 Å². The van der Waals surface area contributed by atoms with Crippen molar-refractivity contribution in [3.05, 3.63) is 34.3 Å². The Morgan fingerprint density at radius 3 is 2.85 bits per heavy atom. The maximum Gasteiger partial charge on any atom is 0.270 e. The Hall–Kier alpha value is -0.670. The van der Waals surface area contributed by atoms with Crippen LogP contribution in [0.4, 0.5) is 8.78 Å². The molecule has 1 aliphatic rings. The first kappa shape index (κ1) is 8.91. The summed E-state index contributed by atoms with van der Waals surface area (Å²) in [5.74, 6) is -2.83. The molecule has 0 spiro atoms. The molecule has 13 heavy (non-hydrogen) atoms. The first-order chi connectivity index (χ1) is 6.00. The highest BCUT2D eigenvalue weighted by Crippen LogP contribution is 2.42. The molecule has 4 heteroatoms. The van der Waals surface area contributed by atoms with E-state index < -0.39 is 12.0 Å². The molecule has 70 valence electrons. The molecule has 0 unspecified atom stereocenters. The third-order valence-corrected chi connectivity index (χ3v) is 2.56. The summed E-state index contributed by atoms with van der Waals surface area (Å²) < 4.78 is 26.2. The Balaban J connectivity index is 2.50. The van der Waals surface area contributed by atoms with Crippen LogP contribution in [-0.4, -0.2) is 5.92 Å². The normalized spacial score (nSPS) is 24.5. The van der Waals surface area contributed by atoms with E-state index in [4.69, 9.17) is 17.3 Å². The van der Waals surface area contributed by atoms with Crippen molar-refractivity contribution >= 4 is 11.6 Å². The van der Waals surface area contributed by atoms with Gasteiger partial charge in [0.25, 0.3) is 5.92 Å². The average Bonchev–Trinajstić information content (AvgIpc) is 2.22. The second-order valence-corrected chi connectivity index (χ2v) is 3.70. The molecule has 1 aromatic carbocycles. The quantitative estimate of drug-likeness (QED) is 0.689. The summed E-state index contributed by atoms with van der Waals surface area (Å²) in [4.78, 5) is 0. The Labute approximate surface area is 79.5 Å². The van der Waals surface area contributed by atoms with Crippen LogP contribution in [0.3, 0.4) is 0 Å². The summed E-state index contributed by atoms with van der Waals surface area (Å²) in [6.07, 6.45) is -0.302. The fourth-order valence-corrected chi connectivity index (χ4v) is 1.82. The van der Waals surface area contributed by atoms with E-state index in [1.165, 1.54) is 0 Å². The van der Waals surface area contributed by atoms with Gasteiger partial charge in [-0.25, -0.2) is 8.78 Å². The molecule has 0 aliphatic heterocycles. The molecule has 0 radical (unpaired) electrons. The van der Waals surface area contributed by atoms with Crippen molar-refractivity contribution in [2.75, 3.05) is 0 Å². The Morgan fingerprint density at radius 1 is 1.46 bits per heavy atom. The van der Waals surface area contributed by atoms with Crippen molar-refractivity contribution in [1.82, 2.24) is 0 Å². The molecule has 0 bridgehead atoms. The van der Waals surface area contributed by atoms with Crippen LogP contribution in [-0.2, 0) is 6.42 Å². The van der Waals surface area contributed by atoms with Crippen molar-refractivity contribution in [3.63, 3.8) is 0 Å². The van der Waals surface area contributed by atoms with E-state index in [1.807, 2.05) is 0 Å². The lowest BCUT2D eigenvalue weighted by molar-refractivity contribution is -0.0135. The van der Waals surface area contributed by atoms with Gasteiger partial charge in [-0.15, -0.1) is 0 Å². The van der Waals surface area contributed by atoms with E-state index >= 15 is 0 Å². The van der Waals surface area contributed by atoms with Gasteiger partial charge in [-0.2, -0.15) is 0 Å². The summed E-state index contributed by atoms with van der Waals surface area (Å²) in [7, 11) is 0. The summed E-state index contributed by atoms with van der Waals surface area (Å²) >= 11 is 5.68. The van der Waals surface area contributed by atoms with E-state index in [1.54, 1.807) is 18.2 Å². The molecule has 0 aromatic heterocycles.